The van der Waals surface area contributed by atoms with Crippen molar-refractivity contribution < 1.29 is 9.90 Å². The number of nitrogens with zero attached hydrogens (tertiary/aromatic N) is 1. The number of carbonyl (C=O) groups is 1. The maximum Gasteiger partial charge on any atom is 0.307 e. The summed E-state index contributed by atoms with van der Waals surface area (Å²) in [4.78, 5) is 15.2. The molecule has 0 radical (unpaired) electrons. The van der Waals surface area contributed by atoms with Gasteiger partial charge in [0, 0.05) is 15.6 Å². The molecule has 0 bridgehead atoms. The molecule has 4 heteroatoms. The first kappa shape index (κ1) is 12.0. The number of benzene rings is 1. The molecule has 2 rings (SSSR count). The van der Waals surface area contributed by atoms with Crippen molar-refractivity contribution >= 4 is 32.8 Å². The number of halogens is 1. The normalized spacial score (nSPS) is 10.8. The van der Waals surface area contributed by atoms with E-state index in [1.54, 1.807) is 0 Å². The molecule has 0 atom stereocenters. The highest BCUT2D eigenvalue weighted by Crippen LogP contribution is 2.24. The van der Waals surface area contributed by atoms with Gasteiger partial charge in [-0.1, -0.05) is 15.9 Å². The molecule has 0 aliphatic rings. The Balaban J connectivity index is 2.63. The van der Waals surface area contributed by atoms with E-state index in [2.05, 4.69) is 20.9 Å². The fourth-order valence-corrected chi connectivity index (χ4v) is 2.12. The monoisotopic (exact) mass is 293 g/mol. The zero-order chi connectivity index (χ0) is 12.6. The fraction of sp³-hybridized carbons (Fsp3) is 0.231. The first-order chi connectivity index (χ1) is 7.97. The molecular formula is C13H12BrNO2. The van der Waals surface area contributed by atoms with Crippen molar-refractivity contribution in [1.29, 1.82) is 0 Å². The summed E-state index contributed by atoms with van der Waals surface area (Å²) < 4.78 is 1.02. The second kappa shape index (κ2) is 4.45. The molecule has 1 aromatic heterocycles. The molecule has 1 N–H and O–H groups in total. The van der Waals surface area contributed by atoms with Crippen LogP contribution in [0, 0.1) is 13.8 Å². The molecule has 0 saturated heterocycles. The van der Waals surface area contributed by atoms with Crippen molar-refractivity contribution in [2.24, 2.45) is 0 Å². The topological polar surface area (TPSA) is 50.2 Å². The minimum absolute atomic E-state index is 0.0177. The predicted octanol–water partition coefficient (Wildman–Crippen LogP) is 3.24. The average molecular weight is 294 g/mol. The van der Waals surface area contributed by atoms with Crippen molar-refractivity contribution in [3.63, 3.8) is 0 Å². The lowest BCUT2D eigenvalue weighted by molar-refractivity contribution is -0.136. The second-order valence-corrected chi connectivity index (χ2v) is 4.95. The van der Waals surface area contributed by atoms with E-state index < -0.39 is 5.97 Å². The van der Waals surface area contributed by atoms with Crippen LogP contribution in [0.15, 0.2) is 22.7 Å². The van der Waals surface area contributed by atoms with Crippen LogP contribution in [-0.2, 0) is 11.2 Å². The second-order valence-electron chi connectivity index (χ2n) is 4.10. The van der Waals surface area contributed by atoms with E-state index in [-0.39, 0.29) is 6.42 Å². The van der Waals surface area contributed by atoms with Gasteiger partial charge in [0.05, 0.1) is 11.9 Å². The zero-order valence-corrected chi connectivity index (χ0v) is 11.2. The largest absolute Gasteiger partial charge is 0.481 e. The number of aliphatic carboxylic acids is 1. The van der Waals surface area contributed by atoms with Crippen molar-refractivity contribution in [2.45, 2.75) is 20.3 Å². The summed E-state index contributed by atoms with van der Waals surface area (Å²) in [7, 11) is 0. The lowest BCUT2D eigenvalue weighted by Gasteiger charge is -2.07. The quantitative estimate of drug-likeness (QED) is 0.925. The van der Waals surface area contributed by atoms with Gasteiger partial charge in [0.25, 0.3) is 0 Å². The standard InChI is InChI=1S/C13H12BrNO2/c1-7-3-10-4-9(5-13(16)17)8(2)15-12(10)6-11(7)14/h3-4,6H,5H2,1-2H3,(H,16,17). The van der Waals surface area contributed by atoms with Gasteiger partial charge in [0.1, 0.15) is 0 Å². The summed E-state index contributed by atoms with van der Waals surface area (Å²) in [5.41, 5.74) is 3.54. The van der Waals surface area contributed by atoms with Crippen LogP contribution in [0.4, 0.5) is 0 Å². The zero-order valence-electron chi connectivity index (χ0n) is 9.62. The Morgan fingerprint density at radius 3 is 2.71 bits per heavy atom. The van der Waals surface area contributed by atoms with Crippen molar-refractivity contribution in [3.05, 3.63) is 39.5 Å². The third kappa shape index (κ3) is 2.47. The highest BCUT2D eigenvalue weighted by molar-refractivity contribution is 9.10. The van der Waals surface area contributed by atoms with Crippen LogP contribution in [-0.4, -0.2) is 16.1 Å². The molecular weight excluding hydrogens is 282 g/mol. The summed E-state index contributed by atoms with van der Waals surface area (Å²) >= 11 is 3.47. The number of rotatable bonds is 2. The molecule has 17 heavy (non-hydrogen) atoms. The van der Waals surface area contributed by atoms with E-state index in [9.17, 15) is 4.79 Å². The lowest BCUT2D eigenvalue weighted by Crippen LogP contribution is -2.03. The SMILES string of the molecule is Cc1cc2cc(CC(=O)O)c(C)nc2cc1Br. The Hall–Kier alpha value is -1.42. The molecule has 0 spiro atoms. The van der Waals surface area contributed by atoms with Crippen LogP contribution >= 0.6 is 15.9 Å². The van der Waals surface area contributed by atoms with Crippen LogP contribution in [0.3, 0.4) is 0 Å². The minimum atomic E-state index is -0.830. The molecule has 3 nitrogen and oxygen atoms in total. The number of carboxylic acid groups (broad SMARTS) is 1. The first-order valence-corrected chi connectivity index (χ1v) is 6.05. The molecule has 2 aromatic rings. The van der Waals surface area contributed by atoms with Gasteiger partial charge in [-0.25, -0.2) is 0 Å². The highest BCUT2D eigenvalue weighted by Gasteiger charge is 2.08. The van der Waals surface area contributed by atoms with Crippen molar-refractivity contribution in [2.75, 3.05) is 0 Å². The maximum atomic E-state index is 10.7. The van der Waals surface area contributed by atoms with Gasteiger partial charge < -0.3 is 5.11 Å². The first-order valence-electron chi connectivity index (χ1n) is 5.25. The third-order valence-corrected chi connectivity index (χ3v) is 3.59. The van der Waals surface area contributed by atoms with E-state index in [1.165, 1.54) is 0 Å². The van der Waals surface area contributed by atoms with Crippen LogP contribution in [0.2, 0.25) is 0 Å². The Bertz CT molecular complexity index is 608. The average Bonchev–Trinajstić information content (AvgIpc) is 2.22. The fourth-order valence-electron chi connectivity index (χ4n) is 1.79. The summed E-state index contributed by atoms with van der Waals surface area (Å²) in [6.07, 6.45) is 0.0177. The Labute approximate surface area is 108 Å². The van der Waals surface area contributed by atoms with Gasteiger partial charge in [0.15, 0.2) is 0 Å². The Morgan fingerprint density at radius 1 is 1.35 bits per heavy atom. The molecule has 88 valence electrons. The molecule has 0 amide bonds. The summed E-state index contributed by atoms with van der Waals surface area (Å²) in [6.45, 7) is 3.84. The Morgan fingerprint density at radius 2 is 2.06 bits per heavy atom. The summed E-state index contributed by atoms with van der Waals surface area (Å²) in [6, 6.07) is 5.88. The molecule has 0 unspecified atom stereocenters. The number of aryl methyl sites for hydroxylation is 2. The van der Waals surface area contributed by atoms with E-state index in [1.807, 2.05) is 32.0 Å². The molecule has 0 fully saturated rings. The number of hydrogen-bond acceptors (Lipinski definition) is 2. The van der Waals surface area contributed by atoms with E-state index in [4.69, 9.17) is 5.11 Å². The van der Waals surface area contributed by atoms with Crippen molar-refractivity contribution in [3.8, 4) is 0 Å². The van der Waals surface area contributed by atoms with Crippen LogP contribution in [0.25, 0.3) is 10.9 Å². The molecule has 0 aliphatic carbocycles. The van der Waals surface area contributed by atoms with Gasteiger partial charge >= 0.3 is 5.97 Å². The smallest absolute Gasteiger partial charge is 0.307 e. The van der Waals surface area contributed by atoms with Crippen LogP contribution < -0.4 is 0 Å². The predicted molar refractivity (Wildman–Crippen MR) is 70.3 cm³/mol. The summed E-state index contributed by atoms with van der Waals surface area (Å²) in [5, 5.41) is 9.81. The number of carboxylic acids is 1. The van der Waals surface area contributed by atoms with Gasteiger partial charge in [0.2, 0.25) is 0 Å². The summed E-state index contributed by atoms with van der Waals surface area (Å²) in [5.74, 6) is -0.830. The number of fused-ring (bicyclic) bond motifs is 1. The van der Waals surface area contributed by atoms with Gasteiger partial charge in [-0.05, 0) is 43.2 Å². The van der Waals surface area contributed by atoms with Gasteiger partial charge in [-0.15, -0.1) is 0 Å². The van der Waals surface area contributed by atoms with Crippen molar-refractivity contribution in [1.82, 2.24) is 4.98 Å². The maximum absolute atomic E-state index is 10.7. The lowest BCUT2D eigenvalue weighted by atomic mass is 10.1. The highest BCUT2D eigenvalue weighted by atomic mass is 79.9. The number of aromatic nitrogens is 1. The van der Waals surface area contributed by atoms with Crippen LogP contribution in [0.1, 0.15) is 16.8 Å². The number of pyridine rings is 1. The van der Waals surface area contributed by atoms with E-state index >= 15 is 0 Å². The minimum Gasteiger partial charge on any atom is -0.481 e. The molecule has 0 saturated carbocycles. The molecule has 0 aliphatic heterocycles. The van der Waals surface area contributed by atoms with Gasteiger partial charge in [-0.3, -0.25) is 9.78 Å². The number of hydrogen-bond donors (Lipinski definition) is 1. The van der Waals surface area contributed by atoms with E-state index in [0.29, 0.717) is 0 Å². The molecule has 1 aromatic carbocycles. The van der Waals surface area contributed by atoms with Gasteiger partial charge in [-0.2, -0.15) is 0 Å². The Kier molecular flexibility index (Phi) is 3.15. The molecule has 1 heterocycles. The van der Waals surface area contributed by atoms with Crippen LogP contribution in [0.5, 0.6) is 0 Å². The third-order valence-electron chi connectivity index (χ3n) is 2.73. The van der Waals surface area contributed by atoms with E-state index in [0.717, 1.165) is 32.2 Å².